The van der Waals surface area contributed by atoms with Gasteiger partial charge in [-0.1, -0.05) is 6.07 Å². The average Bonchev–Trinajstić information content (AvgIpc) is 2.38. The van der Waals surface area contributed by atoms with Crippen LogP contribution in [0.3, 0.4) is 0 Å². The molecule has 0 aromatic heterocycles. The quantitative estimate of drug-likeness (QED) is 0.762. The summed E-state index contributed by atoms with van der Waals surface area (Å²) in [6.45, 7) is 1.61. The Morgan fingerprint density at radius 1 is 1.25 bits per heavy atom. The van der Waals surface area contributed by atoms with Crippen molar-refractivity contribution in [3.8, 4) is 0 Å². The van der Waals surface area contributed by atoms with Crippen molar-refractivity contribution < 1.29 is 19.5 Å². The number of anilines is 1. The minimum Gasteiger partial charge on any atom is -0.478 e. The Morgan fingerprint density at radius 3 is 2.45 bits per heavy atom. The molecule has 0 saturated heterocycles. The number of rotatable bonds is 4. The van der Waals surface area contributed by atoms with Gasteiger partial charge in [-0.25, -0.2) is 9.59 Å². The number of nitrogens with zero attached hydrogens (tertiary/aromatic N) is 1. The SMILES string of the molecule is Cc1ccc(C(=O)O)cc1NC(=O)NCC(=O)N(C)C. The Hall–Kier alpha value is -2.57. The van der Waals surface area contributed by atoms with E-state index < -0.39 is 12.0 Å². The molecule has 3 N–H and O–H groups in total. The molecule has 0 aliphatic rings. The third-order valence-corrected chi connectivity index (χ3v) is 2.63. The van der Waals surface area contributed by atoms with Gasteiger partial charge in [-0.2, -0.15) is 0 Å². The van der Waals surface area contributed by atoms with E-state index in [9.17, 15) is 14.4 Å². The van der Waals surface area contributed by atoms with Gasteiger partial charge in [-0.05, 0) is 24.6 Å². The van der Waals surface area contributed by atoms with Gasteiger partial charge in [0, 0.05) is 19.8 Å². The highest BCUT2D eigenvalue weighted by Gasteiger charge is 2.10. The molecule has 1 rings (SSSR count). The molecule has 0 saturated carbocycles. The van der Waals surface area contributed by atoms with Crippen LogP contribution in [0.2, 0.25) is 0 Å². The summed E-state index contributed by atoms with van der Waals surface area (Å²) in [5.41, 5.74) is 1.19. The molecule has 1 aromatic carbocycles. The van der Waals surface area contributed by atoms with Crippen LogP contribution in [0.1, 0.15) is 15.9 Å². The highest BCUT2D eigenvalue weighted by molar-refractivity contribution is 5.95. The summed E-state index contributed by atoms with van der Waals surface area (Å²) < 4.78 is 0. The van der Waals surface area contributed by atoms with Gasteiger partial charge in [0.1, 0.15) is 0 Å². The second-order valence-electron chi connectivity index (χ2n) is 4.43. The smallest absolute Gasteiger partial charge is 0.335 e. The van der Waals surface area contributed by atoms with Crippen LogP contribution < -0.4 is 10.6 Å². The first-order valence-electron chi connectivity index (χ1n) is 5.90. The molecule has 0 aliphatic heterocycles. The number of carbonyl (C=O) groups excluding carboxylic acids is 2. The summed E-state index contributed by atoms with van der Waals surface area (Å²) >= 11 is 0. The zero-order valence-electron chi connectivity index (χ0n) is 11.6. The Bertz CT molecular complexity index is 540. The number of amides is 3. The van der Waals surface area contributed by atoms with Gasteiger partial charge in [0.15, 0.2) is 0 Å². The minimum absolute atomic E-state index is 0.0790. The molecule has 108 valence electrons. The molecule has 3 amide bonds. The molecular weight excluding hydrogens is 262 g/mol. The molecule has 0 radical (unpaired) electrons. The molecule has 0 spiro atoms. The molecular formula is C13H17N3O4. The number of aryl methyl sites for hydroxylation is 1. The maximum Gasteiger partial charge on any atom is 0.335 e. The van der Waals surface area contributed by atoms with Gasteiger partial charge in [0.2, 0.25) is 5.91 Å². The largest absolute Gasteiger partial charge is 0.478 e. The first-order chi connectivity index (χ1) is 9.31. The molecule has 0 bridgehead atoms. The fourth-order valence-corrected chi connectivity index (χ4v) is 1.37. The van der Waals surface area contributed by atoms with Crippen LogP contribution in [-0.4, -0.2) is 48.6 Å². The second-order valence-corrected chi connectivity index (χ2v) is 4.43. The van der Waals surface area contributed by atoms with Crippen molar-refractivity contribution in [1.29, 1.82) is 0 Å². The lowest BCUT2D eigenvalue weighted by Gasteiger charge is -2.13. The van der Waals surface area contributed by atoms with Crippen molar-refractivity contribution in [3.63, 3.8) is 0 Å². The van der Waals surface area contributed by atoms with Crippen molar-refractivity contribution in [3.05, 3.63) is 29.3 Å². The van der Waals surface area contributed by atoms with Crippen LogP contribution in [-0.2, 0) is 4.79 Å². The van der Waals surface area contributed by atoms with Gasteiger partial charge < -0.3 is 20.6 Å². The second kappa shape index (κ2) is 6.55. The van der Waals surface area contributed by atoms with Crippen molar-refractivity contribution in [1.82, 2.24) is 10.2 Å². The van der Waals surface area contributed by atoms with E-state index in [-0.39, 0.29) is 18.0 Å². The van der Waals surface area contributed by atoms with E-state index in [1.54, 1.807) is 27.1 Å². The first-order valence-corrected chi connectivity index (χ1v) is 5.90. The third kappa shape index (κ3) is 4.27. The number of carboxylic acids is 1. The number of hydrogen-bond acceptors (Lipinski definition) is 3. The van der Waals surface area contributed by atoms with Crippen LogP contribution in [0.4, 0.5) is 10.5 Å². The van der Waals surface area contributed by atoms with Crippen molar-refractivity contribution in [2.45, 2.75) is 6.92 Å². The summed E-state index contributed by atoms with van der Waals surface area (Å²) in [7, 11) is 3.17. The summed E-state index contributed by atoms with van der Waals surface area (Å²) in [5.74, 6) is -1.31. The highest BCUT2D eigenvalue weighted by Crippen LogP contribution is 2.16. The zero-order valence-corrected chi connectivity index (χ0v) is 11.6. The van der Waals surface area contributed by atoms with E-state index >= 15 is 0 Å². The van der Waals surface area contributed by atoms with Crippen LogP contribution in [0.5, 0.6) is 0 Å². The van der Waals surface area contributed by atoms with Gasteiger partial charge in [-0.15, -0.1) is 0 Å². The van der Waals surface area contributed by atoms with Gasteiger partial charge in [0.05, 0.1) is 12.1 Å². The molecule has 7 nitrogen and oxygen atoms in total. The first kappa shape index (κ1) is 15.5. The number of hydrogen-bond donors (Lipinski definition) is 3. The topological polar surface area (TPSA) is 98.7 Å². The third-order valence-electron chi connectivity index (χ3n) is 2.63. The number of benzene rings is 1. The fraction of sp³-hybridized carbons (Fsp3) is 0.308. The van der Waals surface area contributed by atoms with E-state index in [0.29, 0.717) is 5.69 Å². The summed E-state index contributed by atoms with van der Waals surface area (Å²) in [6, 6.07) is 3.86. The molecule has 0 fully saturated rings. The molecule has 20 heavy (non-hydrogen) atoms. The summed E-state index contributed by atoms with van der Waals surface area (Å²) in [4.78, 5) is 35.2. The van der Waals surface area contributed by atoms with Crippen molar-refractivity contribution in [2.24, 2.45) is 0 Å². The van der Waals surface area contributed by atoms with E-state index in [1.165, 1.54) is 17.0 Å². The summed E-state index contributed by atoms with van der Waals surface area (Å²) in [5, 5.41) is 13.8. The molecule has 1 aromatic rings. The van der Waals surface area contributed by atoms with E-state index in [2.05, 4.69) is 10.6 Å². The lowest BCUT2D eigenvalue weighted by molar-refractivity contribution is -0.127. The van der Waals surface area contributed by atoms with Gasteiger partial charge >= 0.3 is 12.0 Å². The van der Waals surface area contributed by atoms with E-state index in [4.69, 9.17) is 5.11 Å². The molecule has 0 atom stereocenters. The summed E-state index contributed by atoms with van der Waals surface area (Å²) in [6.07, 6.45) is 0. The normalized spacial score (nSPS) is 9.75. The van der Waals surface area contributed by atoms with Gasteiger partial charge in [-0.3, -0.25) is 4.79 Å². The molecule has 0 heterocycles. The van der Waals surface area contributed by atoms with Crippen LogP contribution in [0.15, 0.2) is 18.2 Å². The van der Waals surface area contributed by atoms with Crippen LogP contribution in [0.25, 0.3) is 0 Å². The van der Waals surface area contributed by atoms with Crippen LogP contribution in [0, 0.1) is 6.92 Å². The minimum atomic E-state index is -1.07. The number of aromatic carboxylic acids is 1. The Morgan fingerprint density at radius 2 is 1.90 bits per heavy atom. The molecule has 7 heteroatoms. The predicted molar refractivity (Wildman–Crippen MR) is 73.9 cm³/mol. The average molecular weight is 279 g/mol. The Balaban J connectivity index is 2.68. The zero-order chi connectivity index (χ0) is 15.3. The van der Waals surface area contributed by atoms with E-state index in [0.717, 1.165) is 5.56 Å². The number of nitrogens with one attached hydrogen (secondary N) is 2. The van der Waals surface area contributed by atoms with Gasteiger partial charge in [0.25, 0.3) is 0 Å². The monoisotopic (exact) mass is 279 g/mol. The number of likely N-dealkylation sites (N-methyl/N-ethyl adjacent to an activating group) is 1. The predicted octanol–water partition coefficient (Wildman–Crippen LogP) is 0.903. The molecule has 0 unspecified atom stereocenters. The maximum absolute atomic E-state index is 11.6. The standard InChI is InChI=1S/C13H17N3O4/c1-8-4-5-9(12(18)19)6-10(8)15-13(20)14-7-11(17)16(2)3/h4-6H,7H2,1-3H3,(H,18,19)(H2,14,15,20). The lowest BCUT2D eigenvalue weighted by Crippen LogP contribution is -2.38. The fourth-order valence-electron chi connectivity index (χ4n) is 1.37. The number of carboxylic acid groups (broad SMARTS) is 1. The van der Waals surface area contributed by atoms with Crippen molar-refractivity contribution >= 4 is 23.6 Å². The van der Waals surface area contributed by atoms with Crippen LogP contribution >= 0.6 is 0 Å². The Labute approximate surface area is 116 Å². The van der Waals surface area contributed by atoms with E-state index in [1.807, 2.05) is 0 Å². The number of carbonyl (C=O) groups is 3. The lowest BCUT2D eigenvalue weighted by atomic mass is 10.1. The highest BCUT2D eigenvalue weighted by atomic mass is 16.4. The Kier molecular flexibility index (Phi) is 5.08. The number of urea groups is 1. The molecule has 0 aliphatic carbocycles. The van der Waals surface area contributed by atoms with Crippen molar-refractivity contribution in [2.75, 3.05) is 26.0 Å². The maximum atomic E-state index is 11.6.